The van der Waals surface area contributed by atoms with Crippen LogP contribution >= 0.6 is 0 Å². The molecule has 4 heteroatoms. The third-order valence-electron chi connectivity index (χ3n) is 2.65. The normalized spacial score (nSPS) is 11.8. The van der Waals surface area contributed by atoms with Crippen molar-refractivity contribution in [3.8, 4) is 0 Å². The minimum absolute atomic E-state index is 0.0498. The van der Waals surface area contributed by atoms with Gasteiger partial charge in [0.15, 0.2) is 0 Å². The first kappa shape index (κ1) is 14.8. The summed E-state index contributed by atoms with van der Waals surface area (Å²) < 4.78 is 3.45. The average Bonchev–Trinajstić information content (AvgIpc) is 2.59. The Kier molecular flexibility index (Phi) is 4.96. The second kappa shape index (κ2) is 6.05. The zero-order valence-corrected chi connectivity index (χ0v) is 12.0. The van der Waals surface area contributed by atoms with Gasteiger partial charge >= 0.3 is 5.69 Å². The number of nitrogens with zero attached hydrogens (tertiary/aromatic N) is 2. The average molecular weight is 251 g/mol. The molecule has 0 unspecified atom stereocenters. The van der Waals surface area contributed by atoms with Crippen LogP contribution in [-0.2, 0) is 13.1 Å². The number of nitrogens with one attached hydrogen (secondary N) is 1. The molecule has 0 bridgehead atoms. The molecular weight excluding hydrogens is 226 g/mol. The van der Waals surface area contributed by atoms with Crippen molar-refractivity contribution in [2.45, 2.75) is 52.7 Å². The second-order valence-corrected chi connectivity index (χ2v) is 5.76. The lowest BCUT2D eigenvalue weighted by Gasteiger charge is -2.21. The van der Waals surface area contributed by atoms with Gasteiger partial charge in [-0.25, -0.2) is 4.79 Å². The first-order valence-electron chi connectivity index (χ1n) is 6.50. The van der Waals surface area contributed by atoms with Gasteiger partial charge in [0.2, 0.25) is 0 Å². The van der Waals surface area contributed by atoms with Crippen LogP contribution in [0.3, 0.4) is 0 Å². The summed E-state index contributed by atoms with van der Waals surface area (Å²) >= 11 is 0. The highest BCUT2D eigenvalue weighted by Crippen LogP contribution is 2.01. The molecule has 0 radical (unpaired) electrons. The molecule has 1 aromatic heterocycles. The highest BCUT2D eigenvalue weighted by molar-refractivity contribution is 5.00. The predicted octanol–water partition coefficient (Wildman–Crippen LogP) is 2.00. The van der Waals surface area contributed by atoms with Crippen LogP contribution in [0.5, 0.6) is 0 Å². The molecule has 0 saturated heterocycles. The third kappa shape index (κ3) is 4.53. The minimum Gasteiger partial charge on any atom is -0.308 e. The van der Waals surface area contributed by atoms with E-state index in [0.717, 1.165) is 25.1 Å². The van der Waals surface area contributed by atoms with E-state index in [1.165, 1.54) is 0 Å². The molecule has 0 aromatic carbocycles. The van der Waals surface area contributed by atoms with Crippen molar-refractivity contribution in [2.24, 2.45) is 0 Å². The monoisotopic (exact) mass is 251 g/mol. The summed E-state index contributed by atoms with van der Waals surface area (Å²) in [6.45, 7) is 14.5. The molecule has 0 aliphatic heterocycles. The molecule has 4 nitrogen and oxygen atoms in total. The van der Waals surface area contributed by atoms with Gasteiger partial charge in [-0.2, -0.15) is 0 Å². The van der Waals surface area contributed by atoms with Crippen molar-refractivity contribution in [1.29, 1.82) is 0 Å². The lowest BCUT2D eigenvalue weighted by atomic mass is 10.1. The van der Waals surface area contributed by atoms with E-state index in [0.29, 0.717) is 6.54 Å². The van der Waals surface area contributed by atoms with E-state index in [1.807, 2.05) is 12.4 Å². The maximum absolute atomic E-state index is 12.0. The molecule has 0 saturated carbocycles. The van der Waals surface area contributed by atoms with Crippen molar-refractivity contribution in [1.82, 2.24) is 14.5 Å². The Morgan fingerprint density at radius 2 is 1.94 bits per heavy atom. The minimum atomic E-state index is 0.0498. The van der Waals surface area contributed by atoms with Gasteiger partial charge in [-0.3, -0.25) is 9.13 Å². The van der Waals surface area contributed by atoms with Crippen LogP contribution in [0.25, 0.3) is 0 Å². The number of hydrogen-bond acceptors (Lipinski definition) is 2. The Labute approximate surface area is 109 Å². The van der Waals surface area contributed by atoms with E-state index >= 15 is 0 Å². The van der Waals surface area contributed by atoms with Crippen LogP contribution < -0.4 is 11.0 Å². The van der Waals surface area contributed by atoms with E-state index in [2.05, 4.69) is 39.6 Å². The van der Waals surface area contributed by atoms with Gasteiger partial charge in [0.1, 0.15) is 0 Å². The number of rotatable bonds is 6. The van der Waals surface area contributed by atoms with Gasteiger partial charge in [-0.05, 0) is 32.8 Å². The summed E-state index contributed by atoms with van der Waals surface area (Å²) in [6, 6.07) is 0. The predicted molar refractivity (Wildman–Crippen MR) is 75.9 cm³/mol. The lowest BCUT2D eigenvalue weighted by molar-refractivity contribution is 0.439. The van der Waals surface area contributed by atoms with Crippen molar-refractivity contribution in [3.05, 3.63) is 35.0 Å². The Hall–Kier alpha value is -1.29. The van der Waals surface area contributed by atoms with Gasteiger partial charge in [0.25, 0.3) is 0 Å². The standard InChI is InChI=1S/C14H25N3O/c1-6-7-16-8-9-17(13(16)18)11-12(2)10-15-14(3,4)5/h8-9,15H,2,6-7,10-11H2,1,3-5H3. The summed E-state index contributed by atoms with van der Waals surface area (Å²) in [5.41, 5.74) is 1.14. The Morgan fingerprint density at radius 3 is 2.50 bits per heavy atom. The molecule has 1 rings (SSSR count). The smallest absolute Gasteiger partial charge is 0.308 e. The van der Waals surface area contributed by atoms with Crippen LogP contribution in [0.4, 0.5) is 0 Å². The van der Waals surface area contributed by atoms with Gasteiger partial charge in [0, 0.05) is 37.6 Å². The molecule has 0 atom stereocenters. The summed E-state index contributed by atoms with van der Waals surface area (Å²) in [7, 11) is 0. The van der Waals surface area contributed by atoms with E-state index in [9.17, 15) is 4.79 Å². The van der Waals surface area contributed by atoms with Gasteiger partial charge in [0.05, 0.1) is 0 Å². The molecule has 0 fully saturated rings. The second-order valence-electron chi connectivity index (χ2n) is 5.76. The number of hydrogen-bond donors (Lipinski definition) is 1. The molecule has 102 valence electrons. The summed E-state index contributed by atoms with van der Waals surface area (Å²) in [5.74, 6) is 0. The Balaban J connectivity index is 2.57. The molecule has 18 heavy (non-hydrogen) atoms. The zero-order chi connectivity index (χ0) is 13.8. The van der Waals surface area contributed by atoms with E-state index in [1.54, 1.807) is 9.13 Å². The molecule has 1 N–H and O–H groups in total. The van der Waals surface area contributed by atoms with Gasteiger partial charge in [-0.15, -0.1) is 0 Å². The molecule has 0 spiro atoms. The zero-order valence-electron chi connectivity index (χ0n) is 12.0. The van der Waals surface area contributed by atoms with E-state index in [-0.39, 0.29) is 11.2 Å². The van der Waals surface area contributed by atoms with Crippen molar-refractivity contribution in [3.63, 3.8) is 0 Å². The maximum Gasteiger partial charge on any atom is 0.328 e. The summed E-state index contributed by atoms with van der Waals surface area (Å²) in [5, 5.41) is 3.37. The van der Waals surface area contributed by atoms with E-state index in [4.69, 9.17) is 0 Å². The highest BCUT2D eigenvalue weighted by atomic mass is 16.1. The SMILES string of the molecule is C=C(CNC(C)(C)C)Cn1ccn(CCC)c1=O. The van der Waals surface area contributed by atoms with Gasteiger partial charge < -0.3 is 5.32 Å². The van der Waals surface area contributed by atoms with Crippen molar-refractivity contribution < 1.29 is 0 Å². The number of aromatic nitrogens is 2. The van der Waals surface area contributed by atoms with E-state index < -0.39 is 0 Å². The van der Waals surface area contributed by atoms with Crippen molar-refractivity contribution >= 4 is 0 Å². The maximum atomic E-state index is 12.0. The quantitative estimate of drug-likeness (QED) is 0.785. The number of imidazole rings is 1. The highest BCUT2D eigenvalue weighted by Gasteiger charge is 2.09. The molecular formula is C14H25N3O. The first-order chi connectivity index (χ1) is 8.33. The molecule has 0 amide bonds. The third-order valence-corrected chi connectivity index (χ3v) is 2.65. The molecule has 1 aromatic rings. The summed E-state index contributed by atoms with van der Waals surface area (Å²) in [6.07, 6.45) is 4.65. The molecule has 0 aliphatic carbocycles. The van der Waals surface area contributed by atoms with Crippen molar-refractivity contribution in [2.75, 3.05) is 6.54 Å². The first-order valence-corrected chi connectivity index (χ1v) is 6.50. The fourth-order valence-electron chi connectivity index (χ4n) is 1.67. The Bertz CT molecular complexity index is 448. The van der Waals surface area contributed by atoms with Crippen LogP contribution in [0.1, 0.15) is 34.1 Å². The largest absolute Gasteiger partial charge is 0.328 e. The van der Waals surface area contributed by atoms with Crippen LogP contribution in [-0.4, -0.2) is 21.2 Å². The van der Waals surface area contributed by atoms with Crippen LogP contribution in [0.15, 0.2) is 29.3 Å². The number of aryl methyl sites for hydroxylation is 1. The fraction of sp³-hybridized carbons (Fsp3) is 0.643. The molecule has 0 aliphatic rings. The topological polar surface area (TPSA) is 39.0 Å². The Morgan fingerprint density at radius 1 is 1.33 bits per heavy atom. The van der Waals surface area contributed by atoms with Gasteiger partial charge in [-0.1, -0.05) is 13.5 Å². The molecule has 1 heterocycles. The van der Waals surface area contributed by atoms with Crippen LogP contribution in [0, 0.1) is 0 Å². The fourth-order valence-corrected chi connectivity index (χ4v) is 1.67. The summed E-state index contributed by atoms with van der Waals surface area (Å²) in [4.78, 5) is 12.0. The lowest BCUT2D eigenvalue weighted by Crippen LogP contribution is -2.37. The van der Waals surface area contributed by atoms with Crippen LogP contribution in [0.2, 0.25) is 0 Å².